The topological polar surface area (TPSA) is 54.0 Å². The fourth-order valence-electron chi connectivity index (χ4n) is 2.18. The summed E-state index contributed by atoms with van der Waals surface area (Å²) in [6.07, 6.45) is 6.34. The molecule has 0 aliphatic carbocycles. The molecular formula is C18H22FN3O. The van der Waals surface area contributed by atoms with Crippen molar-refractivity contribution in [3.05, 3.63) is 59.7 Å². The Morgan fingerprint density at radius 3 is 2.83 bits per heavy atom. The van der Waals surface area contributed by atoms with E-state index in [1.165, 1.54) is 12.3 Å². The first-order valence-electron chi connectivity index (χ1n) is 7.91. The number of rotatable bonds is 8. The van der Waals surface area contributed by atoms with Gasteiger partial charge in [0, 0.05) is 31.0 Å². The number of unbranched alkanes of at least 4 members (excludes halogenated alkanes) is 2. The van der Waals surface area contributed by atoms with Gasteiger partial charge in [-0.1, -0.05) is 38.0 Å². The predicted molar refractivity (Wildman–Crippen MR) is 89.8 cm³/mol. The van der Waals surface area contributed by atoms with E-state index in [0.717, 1.165) is 19.3 Å². The maximum absolute atomic E-state index is 13.6. The van der Waals surface area contributed by atoms with Gasteiger partial charge >= 0.3 is 0 Å². The number of carbonyl (C=O) groups excluding carboxylic acids is 1. The highest BCUT2D eigenvalue weighted by atomic mass is 19.1. The van der Waals surface area contributed by atoms with E-state index in [0.29, 0.717) is 29.9 Å². The zero-order valence-electron chi connectivity index (χ0n) is 13.3. The minimum absolute atomic E-state index is 0.136. The maximum Gasteiger partial charge on any atom is 0.252 e. The molecule has 0 aliphatic heterocycles. The largest absolute Gasteiger partial charge is 0.380 e. The number of amides is 1. The van der Waals surface area contributed by atoms with Crippen molar-refractivity contribution in [3.63, 3.8) is 0 Å². The van der Waals surface area contributed by atoms with Gasteiger partial charge in [0.05, 0.1) is 11.3 Å². The van der Waals surface area contributed by atoms with E-state index >= 15 is 0 Å². The third-order valence-corrected chi connectivity index (χ3v) is 3.51. The van der Waals surface area contributed by atoms with Crippen LogP contribution in [0.4, 0.5) is 10.1 Å². The number of carbonyl (C=O) groups is 1. The van der Waals surface area contributed by atoms with E-state index in [2.05, 4.69) is 22.5 Å². The summed E-state index contributed by atoms with van der Waals surface area (Å²) in [5, 5.41) is 5.97. The lowest BCUT2D eigenvalue weighted by Gasteiger charge is -2.09. The molecule has 5 heteroatoms. The molecule has 1 heterocycles. The highest BCUT2D eigenvalue weighted by molar-refractivity contribution is 5.94. The molecule has 4 nitrogen and oxygen atoms in total. The summed E-state index contributed by atoms with van der Waals surface area (Å²) in [6.45, 7) is 3.13. The molecule has 122 valence electrons. The van der Waals surface area contributed by atoms with Crippen molar-refractivity contribution in [3.8, 4) is 0 Å². The third-order valence-electron chi connectivity index (χ3n) is 3.51. The van der Waals surface area contributed by atoms with Gasteiger partial charge in [0.2, 0.25) is 0 Å². The first-order valence-corrected chi connectivity index (χ1v) is 7.91. The molecule has 0 unspecified atom stereocenters. The highest BCUT2D eigenvalue weighted by Gasteiger charge is 2.07. The summed E-state index contributed by atoms with van der Waals surface area (Å²) in [6, 6.07) is 8.32. The van der Waals surface area contributed by atoms with Crippen LogP contribution >= 0.6 is 0 Å². The summed E-state index contributed by atoms with van der Waals surface area (Å²) in [7, 11) is 0. The second kappa shape index (κ2) is 8.88. The van der Waals surface area contributed by atoms with E-state index in [1.54, 1.807) is 30.5 Å². The fraction of sp³-hybridized carbons (Fsp3) is 0.333. The Hall–Kier alpha value is -2.43. The van der Waals surface area contributed by atoms with E-state index < -0.39 is 0 Å². The molecule has 0 radical (unpaired) electrons. The van der Waals surface area contributed by atoms with Crippen LogP contribution in [0, 0.1) is 5.82 Å². The van der Waals surface area contributed by atoms with Gasteiger partial charge in [-0.15, -0.1) is 0 Å². The standard InChI is InChI=1S/C18H22FN3O/c1-2-3-6-9-21-18(23)15-10-16(13-20-11-15)22-12-14-7-4-5-8-17(14)19/h4-5,7-8,10-11,13,22H,2-3,6,9,12H2,1H3,(H,21,23). The molecule has 2 aromatic rings. The van der Waals surface area contributed by atoms with Crippen LogP contribution in [-0.2, 0) is 6.54 Å². The van der Waals surface area contributed by atoms with Crippen molar-refractivity contribution in [2.45, 2.75) is 32.7 Å². The average Bonchev–Trinajstić information content (AvgIpc) is 2.58. The Kier molecular flexibility index (Phi) is 6.54. The fourth-order valence-corrected chi connectivity index (χ4v) is 2.18. The molecule has 23 heavy (non-hydrogen) atoms. The average molecular weight is 315 g/mol. The van der Waals surface area contributed by atoms with Crippen molar-refractivity contribution in [2.24, 2.45) is 0 Å². The number of benzene rings is 1. The predicted octanol–water partition coefficient (Wildman–Crippen LogP) is 3.75. The van der Waals surface area contributed by atoms with Crippen molar-refractivity contribution in [1.29, 1.82) is 0 Å². The van der Waals surface area contributed by atoms with Gasteiger partial charge in [-0.2, -0.15) is 0 Å². The Labute approximate surface area is 136 Å². The smallest absolute Gasteiger partial charge is 0.252 e. The molecule has 0 saturated carbocycles. The number of aromatic nitrogens is 1. The van der Waals surface area contributed by atoms with E-state index in [1.807, 2.05) is 0 Å². The van der Waals surface area contributed by atoms with Gasteiger partial charge in [0.25, 0.3) is 5.91 Å². The van der Waals surface area contributed by atoms with Crippen LogP contribution in [-0.4, -0.2) is 17.4 Å². The van der Waals surface area contributed by atoms with Crippen LogP contribution in [0.25, 0.3) is 0 Å². The normalized spacial score (nSPS) is 10.3. The molecule has 0 aliphatic rings. The molecule has 0 spiro atoms. The van der Waals surface area contributed by atoms with Gasteiger partial charge in [0.15, 0.2) is 0 Å². The van der Waals surface area contributed by atoms with Gasteiger partial charge in [0.1, 0.15) is 5.82 Å². The van der Waals surface area contributed by atoms with Crippen LogP contribution in [0.1, 0.15) is 42.1 Å². The van der Waals surface area contributed by atoms with E-state index in [-0.39, 0.29) is 11.7 Å². The number of anilines is 1. The molecule has 1 aromatic carbocycles. The lowest BCUT2D eigenvalue weighted by Crippen LogP contribution is -2.24. The molecule has 0 atom stereocenters. The van der Waals surface area contributed by atoms with Gasteiger partial charge in [-0.3, -0.25) is 9.78 Å². The summed E-state index contributed by atoms with van der Waals surface area (Å²) < 4.78 is 13.6. The molecule has 0 bridgehead atoms. The van der Waals surface area contributed by atoms with Crippen LogP contribution in [0.2, 0.25) is 0 Å². The molecule has 1 amide bonds. The first kappa shape index (κ1) is 16.9. The highest BCUT2D eigenvalue weighted by Crippen LogP contribution is 2.12. The quantitative estimate of drug-likeness (QED) is 0.729. The Bertz CT molecular complexity index is 646. The molecule has 2 N–H and O–H groups in total. The zero-order chi connectivity index (χ0) is 16.5. The SMILES string of the molecule is CCCCCNC(=O)c1cncc(NCc2ccccc2F)c1. The van der Waals surface area contributed by atoms with Crippen LogP contribution in [0.15, 0.2) is 42.7 Å². The van der Waals surface area contributed by atoms with Crippen LogP contribution in [0.3, 0.4) is 0 Å². The Morgan fingerprint density at radius 2 is 2.04 bits per heavy atom. The lowest BCUT2D eigenvalue weighted by molar-refractivity contribution is 0.0952. The van der Waals surface area contributed by atoms with Crippen molar-refractivity contribution < 1.29 is 9.18 Å². The molecule has 2 rings (SSSR count). The Balaban J connectivity index is 1.91. The second-order valence-electron chi connectivity index (χ2n) is 5.37. The molecule has 0 fully saturated rings. The zero-order valence-corrected chi connectivity index (χ0v) is 13.3. The van der Waals surface area contributed by atoms with Crippen molar-refractivity contribution in [1.82, 2.24) is 10.3 Å². The third kappa shape index (κ3) is 5.36. The summed E-state index contributed by atoms with van der Waals surface area (Å²) >= 11 is 0. The number of nitrogens with zero attached hydrogens (tertiary/aromatic N) is 1. The van der Waals surface area contributed by atoms with Crippen LogP contribution in [0.5, 0.6) is 0 Å². The number of hydrogen-bond donors (Lipinski definition) is 2. The minimum atomic E-state index is -0.252. The first-order chi connectivity index (χ1) is 11.2. The second-order valence-corrected chi connectivity index (χ2v) is 5.37. The molecular weight excluding hydrogens is 293 g/mol. The van der Waals surface area contributed by atoms with Gasteiger partial charge in [-0.25, -0.2) is 4.39 Å². The molecule has 1 aromatic heterocycles. The lowest BCUT2D eigenvalue weighted by atomic mass is 10.2. The van der Waals surface area contributed by atoms with Crippen LogP contribution < -0.4 is 10.6 Å². The number of nitrogens with one attached hydrogen (secondary N) is 2. The number of halogens is 1. The molecule has 0 saturated heterocycles. The number of pyridine rings is 1. The summed E-state index contributed by atoms with van der Waals surface area (Å²) in [5.74, 6) is -0.388. The van der Waals surface area contributed by atoms with E-state index in [9.17, 15) is 9.18 Å². The maximum atomic E-state index is 13.6. The minimum Gasteiger partial charge on any atom is -0.380 e. The monoisotopic (exact) mass is 315 g/mol. The van der Waals surface area contributed by atoms with E-state index in [4.69, 9.17) is 0 Å². The summed E-state index contributed by atoms with van der Waals surface area (Å²) in [4.78, 5) is 16.1. The van der Waals surface area contributed by atoms with Gasteiger partial charge < -0.3 is 10.6 Å². The van der Waals surface area contributed by atoms with Crippen molar-refractivity contribution >= 4 is 11.6 Å². The summed E-state index contributed by atoms with van der Waals surface area (Å²) in [5.41, 5.74) is 1.76. The van der Waals surface area contributed by atoms with Crippen molar-refractivity contribution in [2.75, 3.05) is 11.9 Å². The van der Waals surface area contributed by atoms with Gasteiger partial charge in [-0.05, 0) is 18.6 Å². The number of hydrogen-bond acceptors (Lipinski definition) is 3. The Morgan fingerprint density at radius 1 is 1.22 bits per heavy atom.